The van der Waals surface area contributed by atoms with Gasteiger partial charge < -0.3 is 16.0 Å². The SMILES string of the molecule is CCCc1nc(NC)c(C)c(N(CC(N)=O)C(C)C)n1. The summed E-state index contributed by atoms with van der Waals surface area (Å²) in [5, 5.41) is 3.09. The highest BCUT2D eigenvalue weighted by Crippen LogP contribution is 2.25. The summed E-state index contributed by atoms with van der Waals surface area (Å²) in [5.41, 5.74) is 6.28. The van der Waals surface area contributed by atoms with E-state index in [9.17, 15) is 4.79 Å². The van der Waals surface area contributed by atoms with E-state index in [4.69, 9.17) is 5.73 Å². The van der Waals surface area contributed by atoms with Gasteiger partial charge in [-0.1, -0.05) is 6.92 Å². The van der Waals surface area contributed by atoms with E-state index < -0.39 is 0 Å². The summed E-state index contributed by atoms with van der Waals surface area (Å²) >= 11 is 0. The zero-order chi connectivity index (χ0) is 15.3. The molecular formula is C14H25N5O. The maximum absolute atomic E-state index is 11.3. The number of nitrogens with one attached hydrogen (secondary N) is 1. The Bertz CT molecular complexity index is 473. The largest absolute Gasteiger partial charge is 0.373 e. The first kappa shape index (κ1) is 16.2. The first-order valence-corrected chi connectivity index (χ1v) is 7.00. The molecular weight excluding hydrogens is 254 g/mol. The van der Waals surface area contributed by atoms with Crippen molar-refractivity contribution in [1.29, 1.82) is 0 Å². The number of carbonyl (C=O) groups is 1. The summed E-state index contributed by atoms with van der Waals surface area (Å²) in [4.78, 5) is 22.3. The molecule has 0 fully saturated rings. The lowest BCUT2D eigenvalue weighted by Gasteiger charge is -2.28. The van der Waals surface area contributed by atoms with Crippen LogP contribution in [0, 0.1) is 6.92 Å². The Balaban J connectivity index is 3.30. The predicted molar refractivity (Wildman–Crippen MR) is 82.0 cm³/mol. The number of carbonyl (C=O) groups excluding carboxylic acids is 1. The number of amides is 1. The standard InChI is InChI=1S/C14H25N5O/c1-6-7-12-17-13(16-5)10(4)14(18-12)19(9(2)3)8-11(15)20/h9H,6-8H2,1-5H3,(H2,15,20)(H,16,17,18). The van der Waals surface area contributed by atoms with Crippen molar-refractivity contribution in [2.24, 2.45) is 5.73 Å². The smallest absolute Gasteiger partial charge is 0.237 e. The Morgan fingerprint density at radius 2 is 2.05 bits per heavy atom. The molecule has 0 atom stereocenters. The van der Waals surface area contributed by atoms with E-state index in [-0.39, 0.29) is 18.5 Å². The second-order valence-corrected chi connectivity index (χ2v) is 5.13. The van der Waals surface area contributed by atoms with Gasteiger partial charge in [-0.2, -0.15) is 0 Å². The zero-order valence-electron chi connectivity index (χ0n) is 13.0. The molecule has 1 heterocycles. The molecule has 0 unspecified atom stereocenters. The molecule has 0 saturated heterocycles. The Labute approximate surface area is 120 Å². The van der Waals surface area contributed by atoms with E-state index in [1.54, 1.807) is 0 Å². The number of nitrogens with two attached hydrogens (primary N) is 1. The summed E-state index contributed by atoms with van der Waals surface area (Å²) in [6, 6.07) is 0.135. The molecule has 20 heavy (non-hydrogen) atoms. The van der Waals surface area contributed by atoms with Crippen LogP contribution < -0.4 is 16.0 Å². The van der Waals surface area contributed by atoms with Crippen LogP contribution in [-0.4, -0.2) is 35.5 Å². The molecule has 1 amide bonds. The first-order chi connectivity index (χ1) is 9.40. The van der Waals surface area contributed by atoms with Gasteiger partial charge in [0.15, 0.2) is 0 Å². The van der Waals surface area contributed by atoms with Crippen molar-refractivity contribution in [2.75, 3.05) is 23.8 Å². The van der Waals surface area contributed by atoms with Gasteiger partial charge in [-0.25, -0.2) is 9.97 Å². The van der Waals surface area contributed by atoms with Gasteiger partial charge in [0.25, 0.3) is 0 Å². The number of hydrogen-bond donors (Lipinski definition) is 2. The fourth-order valence-corrected chi connectivity index (χ4v) is 2.08. The first-order valence-electron chi connectivity index (χ1n) is 7.00. The molecule has 6 heteroatoms. The Morgan fingerprint density at radius 3 is 2.50 bits per heavy atom. The monoisotopic (exact) mass is 279 g/mol. The molecule has 1 aromatic rings. The maximum Gasteiger partial charge on any atom is 0.237 e. The van der Waals surface area contributed by atoms with Gasteiger partial charge >= 0.3 is 0 Å². The fourth-order valence-electron chi connectivity index (χ4n) is 2.08. The molecule has 3 N–H and O–H groups in total. The Hall–Kier alpha value is -1.85. The molecule has 0 spiro atoms. The fraction of sp³-hybridized carbons (Fsp3) is 0.643. The maximum atomic E-state index is 11.3. The molecule has 112 valence electrons. The van der Waals surface area contributed by atoms with Crippen LogP contribution in [-0.2, 0) is 11.2 Å². The third kappa shape index (κ3) is 3.82. The van der Waals surface area contributed by atoms with Crippen LogP contribution in [0.1, 0.15) is 38.6 Å². The van der Waals surface area contributed by atoms with E-state index in [0.29, 0.717) is 0 Å². The summed E-state index contributed by atoms with van der Waals surface area (Å²) < 4.78 is 0. The van der Waals surface area contributed by atoms with E-state index in [0.717, 1.165) is 35.9 Å². The van der Waals surface area contributed by atoms with Crippen molar-refractivity contribution in [1.82, 2.24) is 9.97 Å². The molecule has 0 radical (unpaired) electrons. The second kappa shape index (κ2) is 7.07. The van der Waals surface area contributed by atoms with Crippen LogP contribution in [0.25, 0.3) is 0 Å². The van der Waals surface area contributed by atoms with Gasteiger partial charge in [-0.05, 0) is 27.2 Å². The summed E-state index contributed by atoms with van der Waals surface area (Å²) in [6.07, 6.45) is 1.79. The number of rotatable bonds is 7. The van der Waals surface area contributed by atoms with Crippen LogP contribution in [0.3, 0.4) is 0 Å². The zero-order valence-corrected chi connectivity index (χ0v) is 13.0. The van der Waals surface area contributed by atoms with Crippen LogP contribution in [0.2, 0.25) is 0 Å². The molecule has 0 aromatic carbocycles. The second-order valence-electron chi connectivity index (χ2n) is 5.13. The lowest BCUT2D eigenvalue weighted by atomic mass is 10.2. The molecule has 0 aliphatic heterocycles. The van der Waals surface area contributed by atoms with Crippen LogP contribution in [0.5, 0.6) is 0 Å². The third-order valence-electron chi connectivity index (χ3n) is 3.10. The lowest BCUT2D eigenvalue weighted by Crippen LogP contribution is -2.39. The molecule has 0 bridgehead atoms. The highest BCUT2D eigenvalue weighted by Gasteiger charge is 2.20. The third-order valence-corrected chi connectivity index (χ3v) is 3.10. The summed E-state index contributed by atoms with van der Waals surface area (Å²) in [6.45, 7) is 8.23. The van der Waals surface area contributed by atoms with Crippen molar-refractivity contribution in [2.45, 2.75) is 46.6 Å². The van der Waals surface area contributed by atoms with Gasteiger partial charge in [0.2, 0.25) is 5.91 Å². The number of nitrogens with zero attached hydrogens (tertiary/aromatic N) is 3. The van der Waals surface area contributed by atoms with Crippen molar-refractivity contribution >= 4 is 17.5 Å². The molecule has 1 aromatic heterocycles. The number of aromatic nitrogens is 2. The number of primary amides is 1. The summed E-state index contributed by atoms with van der Waals surface area (Å²) in [7, 11) is 1.84. The minimum Gasteiger partial charge on any atom is -0.373 e. The van der Waals surface area contributed by atoms with E-state index >= 15 is 0 Å². The van der Waals surface area contributed by atoms with E-state index in [2.05, 4.69) is 22.2 Å². The Kier molecular flexibility index (Phi) is 5.73. The van der Waals surface area contributed by atoms with Gasteiger partial charge in [-0.3, -0.25) is 4.79 Å². The van der Waals surface area contributed by atoms with Gasteiger partial charge in [-0.15, -0.1) is 0 Å². The van der Waals surface area contributed by atoms with E-state index in [1.165, 1.54) is 0 Å². The van der Waals surface area contributed by atoms with Gasteiger partial charge in [0.05, 0.1) is 6.54 Å². The van der Waals surface area contributed by atoms with Crippen molar-refractivity contribution in [3.05, 3.63) is 11.4 Å². The predicted octanol–water partition coefficient (Wildman–Crippen LogP) is 1.48. The lowest BCUT2D eigenvalue weighted by molar-refractivity contribution is -0.116. The molecule has 1 rings (SSSR count). The minimum absolute atomic E-state index is 0.135. The highest BCUT2D eigenvalue weighted by atomic mass is 16.1. The normalized spacial score (nSPS) is 10.7. The van der Waals surface area contributed by atoms with E-state index in [1.807, 2.05) is 32.7 Å². The van der Waals surface area contributed by atoms with Gasteiger partial charge in [0.1, 0.15) is 17.5 Å². The number of aryl methyl sites for hydroxylation is 1. The van der Waals surface area contributed by atoms with Crippen molar-refractivity contribution in [3.8, 4) is 0 Å². The number of hydrogen-bond acceptors (Lipinski definition) is 5. The molecule has 0 saturated carbocycles. The quantitative estimate of drug-likeness (QED) is 0.789. The molecule has 0 aliphatic carbocycles. The van der Waals surface area contributed by atoms with Crippen LogP contribution in [0.15, 0.2) is 0 Å². The Morgan fingerprint density at radius 1 is 1.40 bits per heavy atom. The van der Waals surface area contributed by atoms with Gasteiger partial charge in [0, 0.05) is 25.1 Å². The summed E-state index contributed by atoms with van der Waals surface area (Å²) in [5.74, 6) is 2.00. The average Bonchev–Trinajstić information content (AvgIpc) is 2.38. The topological polar surface area (TPSA) is 84.1 Å². The number of anilines is 2. The highest BCUT2D eigenvalue weighted by molar-refractivity contribution is 5.80. The molecule has 0 aliphatic rings. The van der Waals surface area contributed by atoms with Crippen LogP contribution in [0.4, 0.5) is 11.6 Å². The van der Waals surface area contributed by atoms with Crippen LogP contribution >= 0.6 is 0 Å². The van der Waals surface area contributed by atoms with Crippen molar-refractivity contribution in [3.63, 3.8) is 0 Å². The minimum atomic E-state index is -0.361. The average molecular weight is 279 g/mol. The van der Waals surface area contributed by atoms with Crippen molar-refractivity contribution < 1.29 is 4.79 Å². The molecule has 6 nitrogen and oxygen atoms in total.